The van der Waals surface area contributed by atoms with Gasteiger partial charge in [0.05, 0.1) is 6.54 Å². The molecule has 2 heterocycles. The maximum absolute atomic E-state index is 11.9. The fraction of sp³-hybridized carbons (Fsp3) is 0.400. The Kier molecular flexibility index (Phi) is 6.78. The second-order valence-corrected chi connectivity index (χ2v) is 6.71. The summed E-state index contributed by atoms with van der Waals surface area (Å²) in [5.41, 5.74) is 1.44. The molecule has 0 saturated carbocycles. The summed E-state index contributed by atoms with van der Waals surface area (Å²) < 4.78 is 0. The van der Waals surface area contributed by atoms with Crippen LogP contribution in [0.1, 0.15) is 28.9 Å². The van der Waals surface area contributed by atoms with Crippen molar-refractivity contribution in [2.75, 3.05) is 42.9 Å². The Morgan fingerprint density at radius 2 is 1.79 bits per heavy atom. The molecule has 1 aromatic heterocycles. The van der Waals surface area contributed by atoms with Crippen molar-refractivity contribution in [1.82, 2.24) is 20.6 Å². The van der Waals surface area contributed by atoms with Crippen LogP contribution in [0, 0.1) is 6.92 Å². The smallest absolute Gasteiger partial charge is 0.251 e. The largest absolute Gasteiger partial charge is 0.356 e. The first-order chi connectivity index (χ1) is 13.6. The van der Waals surface area contributed by atoms with Crippen molar-refractivity contribution in [1.29, 1.82) is 0 Å². The quantitative estimate of drug-likeness (QED) is 0.596. The van der Waals surface area contributed by atoms with Crippen LogP contribution in [0.25, 0.3) is 0 Å². The Balaban J connectivity index is 1.38. The molecule has 1 fully saturated rings. The van der Waals surface area contributed by atoms with Crippen LogP contribution < -0.4 is 20.9 Å². The van der Waals surface area contributed by atoms with Crippen molar-refractivity contribution >= 4 is 23.6 Å². The van der Waals surface area contributed by atoms with Crippen LogP contribution in [0.4, 0.5) is 11.8 Å². The predicted molar refractivity (Wildman–Crippen MR) is 108 cm³/mol. The molecule has 0 spiro atoms. The molecule has 3 N–H and O–H groups in total. The minimum absolute atomic E-state index is 0.0617. The number of aryl methyl sites for hydroxylation is 1. The Morgan fingerprint density at radius 1 is 1.04 bits per heavy atom. The topological polar surface area (TPSA) is 99.3 Å². The Hall–Kier alpha value is -3.16. The molecular weight excluding hydrogens is 356 g/mol. The predicted octanol–water partition coefficient (Wildman–Crippen LogP) is 1.34. The van der Waals surface area contributed by atoms with E-state index in [9.17, 15) is 9.59 Å². The number of aromatic nitrogens is 2. The summed E-state index contributed by atoms with van der Waals surface area (Å²) in [6.45, 7) is 4.86. The number of hydrogen-bond acceptors (Lipinski definition) is 6. The van der Waals surface area contributed by atoms with Gasteiger partial charge in [-0.1, -0.05) is 18.2 Å². The number of nitrogens with one attached hydrogen (secondary N) is 3. The molecule has 8 nitrogen and oxygen atoms in total. The van der Waals surface area contributed by atoms with Crippen molar-refractivity contribution in [2.24, 2.45) is 0 Å². The van der Waals surface area contributed by atoms with Gasteiger partial charge in [-0.2, -0.15) is 4.98 Å². The fourth-order valence-electron chi connectivity index (χ4n) is 3.03. The molecule has 1 saturated heterocycles. The standard InChI is InChI=1S/C20H26N6O2/c1-15-13-17(26-11-5-6-12-26)25-20(24-15)22-10-9-21-18(27)14-23-19(28)16-7-3-2-4-8-16/h2-4,7-8,13H,5-6,9-12,14H2,1H3,(H,21,27)(H,23,28)(H,22,24,25). The highest BCUT2D eigenvalue weighted by Crippen LogP contribution is 2.19. The van der Waals surface area contributed by atoms with E-state index in [4.69, 9.17) is 0 Å². The summed E-state index contributed by atoms with van der Waals surface area (Å²) in [5, 5.41) is 8.51. The second-order valence-electron chi connectivity index (χ2n) is 6.71. The van der Waals surface area contributed by atoms with Crippen LogP contribution in [0.2, 0.25) is 0 Å². The minimum Gasteiger partial charge on any atom is -0.356 e. The lowest BCUT2D eigenvalue weighted by atomic mass is 10.2. The molecule has 0 aliphatic carbocycles. The highest BCUT2D eigenvalue weighted by Gasteiger charge is 2.15. The minimum atomic E-state index is -0.267. The van der Waals surface area contributed by atoms with Gasteiger partial charge in [-0.25, -0.2) is 4.98 Å². The van der Waals surface area contributed by atoms with Crippen molar-refractivity contribution in [3.8, 4) is 0 Å². The molecule has 0 radical (unpaired) electrons. The number of amides is 2. The summed E-state index contributed by atoms with van der Waals surface area (Å²) in [6, 6.07) is 10.8. The highest BCUT2D eigenvalue weighted by atomic mass is 16.2. The van der Waals surface area contributed by atoms with E-state index in [-0.39, 0.29) is 18.4 Å². The van der Waals surface area contributed by atoms with Gasteiger partial charge in [0.1, 0.15) is 5.82 Å². The zero-order valence-electron chi connectivity index (χ0n) is 16.1. The molecule has 3 rings (SSSR count). The van der Waals surface area contributed by atoms with Crippen molar-refractivity contribution in [2.45, 2.75) is 19.8 Å². The zero-order chi connectivity index (χ0) is 19.8. The van der Waals surface area contributed by atoms with Crippen LogP contribution in [0.15, 0.2) is 36.4 Å². The van der Waals surface area contributed by atoms with Crippen LogP contribution in [0.3, 0.4) is 0 Å². The summed E-state index contributed by atoms with van der Waals surface area (Å²) in [7, 11) is 0. The van der Waals surface area contributed by atoms with Crippen molar-refractivity contribution < 1.29 is 9.59 Å². The lowest BCUT2D eigenvalue weighted by molar-refractivity contribution is -0.120. The average Bonchev–Trinajstić information content (AvgIpc) is 3.25. The SMILES string of the molecule is Cc1cc(N2CCCC2)nc(NCCNC(=O)CNC(=O)c2ccccc2)n1. The molecule has 1 aliphatic rings. The van der Waals surface area contributed by atoms with Gasteiger partial charge in [-0.3, -0.25) is 9.59 Å². The van der Waals surface area contributed by atoms with E-state index in [1.807, 2.05) is 19.1 Å². The molecule has 28 heavy (non-hydrogen) atoms. The Bertz CT molecular complexity index is 806. The van der Waals surface area contributed by atoms with Gasteiger partial charge < -0.3 is 20.9 Å². The van der Waals surface area contributed by atoms with Gasteiger partial charge >= 0.3 is 0 Å². The molecule has 1 aliphatic heterocycles. The molecular formula is C20H26N6O2. The maximum atomic E-state index is 11.9. The third kappa shape index (κ3) is 5.67. The van der Waals surface area contributed by atoms with Crippen LogP contribution in [0.5, 0.6) is 0 Å². The van der Waals surface area contributed by atoms with Crippen molar-refractivity contribution in [3.63, 3.8) is 0 Å². The van der Waals surface area contributed by atoms with Gasteiger partial charge in [-0.15, -0.1) is 0 Å². The fourth-order valence-corrected chi connectivity index (χ4v) is 3.03. The number of nitrogens with zero attached hydrogens (tertiary/aromatic N) is 3. The van der Waals surface area contributed by atoms with Gasteiger partial charge in [0, 0.05) is 43.5 Å². The molecule has 148 valence electrons. The average molecular weight is 382 g/mol. The molecule has 0 unspecified atom stereocenters. The van der Waals surface area contributed by atoms with E-state index >= 15 is 0 Å². The Morgan fingerprint density at radius 3 is 2.54 bits per heavy atom. The van der Waals surface area contributed by atoms with E-state index in [1.54, 1.807) is 24.3 Å². The monoisotopic (exact) mass is 382 g/mol. The summed E-state index contributed by atoms with van der Waals surface area (Å²) in [5.74, 6) is 0.999. The van der Waals surface area contributed by atoms with Crippen molar-refractivity contribution in [3.05, 3.63) is 47.7 Å². The maximum Gasteiger partial charge on any atom is 0.251 e. The molecule has 0 bridgehead atoms. The summed E-state index contributed by atoms with van der Waals surface area (Å²) in [4.78, 5) is 35.0. The molecule has 8 heteroatoms. The van der Waals surface area contributed by atoms with E-state index in [0.29, 0.717) is 24.6 Å². The number of carbonyl (C=O) groups excluding carboxylic acids is 2. The zero-order valence-corrected chi connectivity index (χ0v) is 16.1. The normalized spacial score (nSPS) is 13.2. The number of anilines is 2. The first kappa shape index (κ1) is 19.6. The molecule has 1 aromatic carbocycles. The van der Waals surface area contributed by atoms with Gasteiger partial charge in [0.15, 0.2) is 0 Å². The third-order valence-electron chi connectivity index (χ3n) is 4.45. The second kappa shape index (κ2) is 9.68. The first-order valence-corrected chi connectivity index (χ1v) is 9.56. The first-order valence-electron chi connectivity index (χ1n) is 9.56. The molecule has 0 atom stereocenters. The van der Waals surface area contributed by atoms with Gasteiger partial charge in [0.2, 0.25) is 11.9 Å². The third-order valence-corrected chi connectivity index (χ3v) is 4.45. The van der Waals surface area contributed by atoms with Gasteiger partial charge in [-0.05, 0) is 31.9 Å². The molecule has 2 amide bonds. The van der Waals surface area contributed by atoms with Crippen LogP contribution in [-0.4, -0.2) is 54.5 Å². The lowest BCUT2D eigenvalue weighted by Crippen LogP contribution is -2.38. The highest BCUT2D eigenvalue weighted by molar-refractivity contribution is 5.96. The summed E-state index contributed by atoms with van der Waals surface area (Å²) in [6.07, 6.45) is 2.39. The number of benzene rings is 1. The molecule has 2 aromatic rings. The number of rotatable bonds is 8. The number of hydrogen-bond donors (Lipinski definition) is 3. The van der Waals surface area contributed by atoms with E-state index in [1.165, 1.54) is 12.8 Å². The van der Waals surface area contributed by atoms with Crippen LogP contribution in [-0.2, 0) is 4.79 Å². The van der Waals surface area contributed by atoms with Gasteiger partial charge in [0.25, 0.3) is 5.91 Å². The Labute approximate surface area is 164 Å². The van der Waals surface area contributed by atoms with E-state index in [2.05, 4.69) is 30.8 Å². The van der Waals surface area contributed by atoms with E-state index in [0.717, 1.165) is 24.6 Å². The number of carbonyl (C=O) groups is 2. The lowest BCUT2D eigenvalue weighted by Gasteiger charge is -2.17. The summed E-state index contributed by atoms with van der Waals surface area (Å²) >= 11 is 0. The van der Waals surface area contributed by atoms with E-state index < -0.39 is 0 Å². The van der Waals surface area contributed by atoms with Crippen LogP contribution >= 0.6 is 0 Å².